The van der Waals surface area contributed by atoms with Gasteiger partial charge in [0.25, 0.3) is 0 Å². The van der Waals surface area contributed by atoms with Crippen LogP contribution in [0.3, 0.4) is 0 Å². The van der Waals surface area contributed by atoms with E-state index in [0.717, 1.165) is 29.4 Å². The van der Waals surface area contributed by atoms with Gasteiger partial charge in [-0.25, -0.2) is 4.98 Å². The van der Waals surface area contributed by atoms with Crippen LogP contribution in [0.15, 0.2) is 9.80 Å². The Labute approximate surface area is 152 Å². The highest BCUT2D eigenvalue weighted by atomic mass is 32.1. The van der Waals surface area contributed by atoms with Gasteiger partial charge in [-0.3, -0.25) is 4.79 Å². The third-order valence-electron chi connectivity index (χ3n) is 4.53. The maximum atomic E-state index is 12.0. The number of amides is 1. The lowest BCUT2D eigenvalue weighted by Crippen LogP contribution is -2.23. The van der Waals surface area contributed by atoms with Crippen LogP contribution in [0.5, 0.6) is 0 Å². The van der Waals surface area contributed by atoms with Crippen molar-refractivity contribution in [2.24, 2.45) is 0 Å². The van der Waals surface area contributed by atoms with Gasteiger partial charge in [-0.1, -0.05) is 33.1 Å². The van der Waals surface area contributed by atoms with Crippen molar-refractivity contribution in [3.8, 4) is 0 Å². The van der Waals surface area contributed by atoms with Crippen molar-refractivity contribution in [1.29, 1.82) is 0 Å². The van der Waals surface area contributed by atoms with Gasteiger partial charge in [-0.05, 0) is 12.8 Å². The molecule has 0 radical (unpaired) electrons. The quantitative estimate of drug-likeness (QED) is 0.806. The molecule has 0 spiro atoms. The number of aryl methyl sites for hydroxylation is 1. The number of hydrogen-bond acceptors (Lipinski definition) is 6. The highest BCUT2D eigenvalue weighted by Gasteiger charge is 2.21. The molecule has 6 nitrogen and oxygen atoms in total. The molecule has 1 saturated carbocycles. The van der Waals surface area contributed by atoms with Crippen LogP contribution in [0.25, 0.3) is 0 Å². The molecule has 7 heteroatoms. The molecule has 25 heavy (non-hydrogen) atoms. The first-order chi connectivity index (χ1) is 12.1. The van der Waals surface area contributed by atoms with Crippen LogP contribution in [0.4, 0.5) is 0 Å². The van der Waals surface area contributed by atoms with Crippen LogP contribution in [-0.2, 0) is 17.8 Å². The summed E-state index contributed by atoms with van der Waals surface area (Å²) >= 11 is 1.64. The molecule has 3 rings (SSSR count). The van der Waals surface area contributed by atoms with Gasteiger partial charge in [-0.15, -0.1) is 21.5 Å². The normalized spacial score (nSPS) is 15.6. The number of carbonyl (C=O) groups excluding carboxylic acids is 1. The molecular weight excluding hydrogens is 336 g/mol. The van der Waals surface area contributed by atoms with Crippen molar-refractivity contribution in [1.82, 2.24) is 20.5 Å². The number of carbonyl (C=O) groups is 1. The Kier molecular flexibility index (Phi) is 6.18. The fraction of sp³-hybridized carbons (Fsp3) is 0.667. The Morgan fingerprint density at radius 3 is 2.84 bits per heavy atom. The van der Waals surface area contributed by atoms with Crippen molar-refractivity contribution < 1.29 is 9.21 Å². The molecular formula is C18H26N4O2S. The third-order valence-corrected chi connectivity index (χ3v) is 5.73. The zero-order valence-electron chi connectivity index (χ0n) is 15.0. The standard InChI is InChI=1S/C18H26N4O2S/c1-12(2)18-20-14(11-25-18)10-19-15(23)8-9-16-21-22-17(24-16)13-6-4-3-5-7-13/h11-13H,3-10H2,1-2H3,(H,19,23). The Bertz CT molecular complexity index is 689. The smallest absolute Gasteiger partial charge is 0.220 e. The van der Waals surface area contributed by atoms with E-state index in [2.05, 4.69) is 34.3 Å². The lowest BCUT2D eigenvalue weighted by atomic mass is 9.89. The minimum atomic E-state index is -0.0171. The Hall–Kier alpha value is -1.76. The summed E-state index contributed by atoms with van der Waals surface area (Å²) in [6.07, 6.45) is 6.88. The van der Waals surface area contributed by atoms with Crippen LogP contribution in [0, 0.1) is 0 Å². The predicted molar refractivity (Wildman–Crippen MR) is 96.5 cm³/mol. The SMILES string of the molecule is CC(C)c1nc(CNC(=O)CCc2nnc(C3CCCCC3)o2)cs1. The van der Waals surface area contributed by atoms with Gasteiger partial charge in [-0.2, -0.15) is 0 Å². The molecule has 1 aliphatic rings. The van der Waals surface area contributed by atoms with E-state index in [1.54, 1.807) is 11.3 Å². The lowest BCUT2D eigenvalue weighted by Gasteiger charge is -2.17. The summed E-state index contributed by atoms with van der Waals surface area (Å²) in [6.45, 7) is 4.71. The molecule has 136 valence electrons. The minimum absolute atomic E-state index is 0.0171. The third kappa shape index (κ3) is 5.11. The average molecular weight is 362 g/mol. The zero-order chi connectivity index (χ0) is 17.6. The summed E-state index contributed by atoms with van der Waals surface area (Å²) in [7, 11) is 0. The first kappa shape index (κ1) is 18.0. The lowest BCUT2D eigenvalue weighted by molar-refractivity contribution is -0.121. The monoisotopic (exact) mass is 362 g/mol. The molecule has 2 aromatic rings. The number of nitrogens with zero attached hydrogens (tertiary/aromatic N) is 3. The molecule has 2 aromatic heterocycles. The van der Waals surface area contributed by atoms with Crippen molar-refractivity contribution in [3.05, 3.63) is 27.9 Å². The van der Waals surface area contributed by atoms with Crippen LogP contribution in [-0.4, -0.2) is 21.1 Å². The first-order valence-electron chi connectivity index (χ1n) is 9.15. The molecule has 1 fully saturated rings. The average Bonchev–Trinajstić information content (AvgIpc) is 3.28. The maximum absolute atomic E-state index is 12.0. The van der Waals surface area contributed by atoms with Gasteiger partial charge >= 0.3 is 0 Å². The second-order valence-electron chi connectivity index (χ2n) is 6.98. The number of aromatic nitrogens is 3. The second-order valence-corrected chi connectivity index (χ2v) is 7.87. The van der Waals surface area contributed by atoms with Gasteiger partial charge in [0.1, 0.15) is 0 Å². The van der Waals surface area contributed by atoms with Crippen molar-refractivity contribution in [3.63, 3.8) is 0 Å². The minimum Gasteiger partial charge on any atom is -0.425 e. The second kappa shape index (κ2) is 8.56. The van der Waals surface area contributed by atoms with Gasteiger partial charge in [0.05, 0.1) is 17.2 Å². The number of hydrogen-bond donors (Lipinski definition) is 1. The van der Waals surface area contributed by atoms with Gasteiger partial charge in [0.15, 0.2) is 0 Å². The van der Waals surface area contributed by atoms with E-state index in [9.17, 15) is 4.79 Å². The number of thiazole rings is 1. The molecule has 0 atom stereocenters. The van der Waals surface area contributed by atoms with E-state index in [-0.39, 0.29) is 5.91 Å². The highest BCUT2D eigenvalue weighted by Crippen LogP contribution is 2.31. The fourth-order valence-electron chi connectivity index (χ4n) is 3.05. The summed E-state index contributed by atoms with van der Waals surface area (Å²) in [5, 5.41) is 14.3. The number of nitrogens with one attached hydrogen (secondary N) is 1. The predicted octanol–water partition coefficient (Wildman–Crippen LogP) is 3.95. The molecule has 1 amide bonds. The topological polar surface area (TPSA) is 80.9 Å². The maximum Gasteiger partial charge on any atom is 0.220 e. The summed E-state index contributed by atoms with van der Waals surface area (Å²) in [4.78, 5) is 16.5. The van der Waals surface area contributed by atoms with E-state index in [4.69, 9.17) is 4.42 Å². The summed E-state index contributed by atoms with van der Waals surface area (Å²) < 4.78 is 5.75. The van der Waals surface area contributed by atoms with Crippen LogP contribution in [0.1, 0.15) is 86.7 Å². The summed E-state index contributed by atoms with van der Waals surface area (Å²) in [6, 6.07) is 0. The summed E-state index contributed by atoms with van der Waals surface area (Å²) in [5.41, 5.74) is 0.916. The largest absolute Gasteiger partial charge is 0.425 e. The molecule has 0 aromatic carbocycles. The molecule has 0 aliphatic heterocycles. The van der Waals surface area contributed by atoms with Gasteiger partial charge < -0.3 is 9.73 Å². The summed E-state index contributed by atoms with van der Waals surface area (Å²) in [5.74, 6) is 2.12. The van der Waals surface area contributed by atoms with Gasteiger partial charge in [0.2, 0.25) is 17.7 Å². The van der Waals surface area contributed by atoms with E-state index in [1.807, 2.05) is 5.38 Å². The molecule has 1 N–H and O–H groups in total. The van der Waals surface area contributed by atoms with Crippen LogP contribution in [0.2, 0.25) is 0 Å². The van der Waals surface area contributed by atoms with E-state index >= 15 is 0 Å². The van der Waals surface area contributed by atoms with Crippen molar-refractivity contribution >= 4 is 17.2 Å². The molecule has 2 heterocycles. The number of rotatable bonds is 7. The molecule has 1 aliphatic carbocycles. The van der Waals surface area contributed by atoms with Crippen molar-refractivity contribution in [2.75, 3.05) is 0 Å². The highest BCUT2D eigenvalue weighted by molar-refractivity contribution is 7.09. The Balaban J connectivity index is 1.42. The fourth-order valence-corrected chi connectivity index (χ4v) is 3.88. The molecule has 0 unspecified atom stereocenters. The van der Waals surface area contributed by atoms with E-state index in [0.29, 0.717) is 37.1 Å². The van der Waals surface area contributed by atoms with E-state index < -0.39 is 0 Å². The van der Waals surface area contributed by atoms with E-state index in [1.165, 1.54) is 19.3 Å². The van der Waals surface area contributed by atoms with Crippen molar-refractivity contribution in [2.45, 2.75) is 77.2 Å². The van der Waals surface area contributed by atoms with Gasteiger partial charge in [0, 0.05) is 30.1 Å². The zero-order valence-corrected chi connectivity index (χ0v) is 15.8. The first-order valence-corrected chi connectivity index (χ1v) is 10.0. The Morgan fingerprint density at radius 2 is 2.12 bits per heavy atom. The van der Waals surface area contributed by atoms with Crippen LogP contribution >= 0.6 is 11.3 Å². The molecule has 0 saturated heterocycles. The molecule has 0 bridgehead atoms. The van der Waals surface area contributed by atoms with Crippen LogP contribution < -0.4 is 5.32 Å². The Morgan fingerprint density at radius 1 is 1.32 bits per heavy atom.